The van der Waals surface area contributed by atoms with Crippen LogP contribution in [-0.4, -0.2) is 42.8 Å². The number of aryl methyl sites for hydroxylation is 1. The number of phenolic OH excluding ortho intramolecular Hbond substituents is 1. The molecule has 0 saturated heterocycles. The van der Waals surface area contributed by atoms with Gasteiger partial charge in [-0.2, -0.15) is 0 Å². The molecule has 0 aromatic heterocycles. The molecule has 0 spiro atoms. The van der Waals surface area contributed by atoms with Crippen molar-refractivity contribution < 1.29 is 39.1 Å². The maximum Gasteiger partial charge on any atom is 2.00 e. The third kappa shape index (κ3) is 7.60. The van der Waals surface area contributed by atoms with Gasteiger partial charge in [-0.25, -0.2) is 0 Å². The molecule has 0 radical (unpaired) electrons. The van der Waals surface area contributed by atoms with Crippen LogP contribution in [-0.2, 0) is 0 Å². The Hall–Kier alpha value is 1.24. The van der Waals surface area contributed by atoms with Crippen molar-refractivity contribution in [2.75, 3.05) is 0 Å². The van der Waals surface area contributed by atoms with Gasteiger partial charge in [0.2, 0.25) is 0 Å². The van der Waals surface area contributed by atoms with E-state index in [2.05, 4.69) is 0 Å². The van der Waals surface area contributed by atoms with Gasteiger partial charge in [0.15, 0.2) is 0 Å². The van der Waals surface area contributed by atoms with Crippen LogP contribution in [0.4, 0.5) is 0 Å². The van der Waals surface area contributed by atoms with Gasteiger partial charge in [0.25, 0.3) is 0 Å². The topological polar surface area (TPSA) is 20.2 Å². The average molecular weight is 308 g/mol. The number of hydrogen-bond acceptors (Lipinski definition) is 1. The molecule has 1 nitrogen and oxygen atoms in total. The summed E-state index contributed by atoms with van der Waals surface area (Å²) in [4.78, 5) is 0. The van der Waals surface area contributed by atoms with Crippen molar-refractivity contribution in [1.29, 1.82) is 0 Å². The minimum atomic E-state index is 0. The van der Waals surface area contributed by atoms with Crippen LogP contribution in [0, 0.1) is 6.92 Å². The van der Waals surface area contributed by atoms with E-state index in [0.29, 0.717) is 5.75 Å². The molecular weight excluding hydrogens is 300 g/mol. The van der Waals surface area contributed by atoms with Crippen molar-refractivity contribution in [1.82, 2.24) is 0 Å². The summed E-state index contributed by atoms with van der Waals surface area (Å²) in [6.07, 6.45) is 0. The molecule has 1 aromatic rings. The van der Waals surface area contributed by atoms with E-state index in [-0.39, 0.29) is 71.7 Å². The molecule has 1 N–H and O–H groups in total. The fourth-order valence-corrected chi connectivity index (χ4v) is 0.545. The number of rotatable bonds is 0. The van der Waals surface area contributed by atoms with E-state index in [0.717, 1.165) is 0 Å². The van der Waals surface area contributed by atoms with Gasteiger partial charge in [-0.05, 0) is 19.1 Å². The van der Waals surface area contributed by atoms with Gasteiger partial charge in [-0.3, -0.25) is 0 Å². The molecule has 0 aliphatic heterocycles. The van der Waals surface area contributed by atoms with Gasteiger partial charge >= 0.3 is 37.7 Å². The van der Waals surface area contributed by atoms with E-state index in [1.54, 1.807) is 12.1 Å². The second-order valence-electron chi connectivity index (χ2n) is 1.84. The van der Waals surface area contributed by atoms with Crippen LogP contribution in [0.3, 0.4) is 0 Å². The Bertz CT molecular complexity index is 155. The molecule has 0 saturated carbocycles. The second kappa shape index (κ2) is 9.33. The van der Waals surface area contributed by atoms with E-state index >= 15 is 0 Å². The summed E-state index contributed by atoms with van der Waals surface area (Å²) in [6.45, 7) is 1.99. The molecule has 0 fully saturated rings. The van der Waals surface area contributed by atoms with Gasteiger partial charge < -0.3 is 39.1 Å². The predicted molar refractivity (Wildman–Crippen MR) is 38.6 cm³/mol. The van der Waals surface area contributed by atoms with Crippen LogP contribution >= 0.6 is 0 Å². The fourth-order valence-electron chi connectivity index (χ4n) is 0.545. The largest absolute Gasteiger partial charge is 2.00 e. The first-order chi connectivity index (χ1) is 3.79. The number of halogens is 2. The molecule has 1 aromatic carbocycles. The molecule has 0 aliphatic carbocycles. The van der Waals surface area contributed by atoms with Gasteiger partial charge in [0, 0.05) is 0 Å². The molecule has 0 bridgehead atoms. The Labute approximate surface area is 118 Å². The second-order valence-corrected chi connectivity index (χ2v) is 1.84. The quantitative estimate of drug-likeness (QED) is 0.478. The van der Waals surface area contributed by atoms with Crippen LogP contribution < -0.4 is 34.0 Å². The zero-order valence-corrected chi connectivity index (χ0v) is 11.6. The van der Waals surface area contributed by atoms with Crippen molar-refractivity contribution in [3.63, 3.8) is 0 Å². The van der Waals surface area contributed by atoms with Crippen LogP contribution in [0.2, 0.25) is 0 Å². The molecule has 1 rings (SSSR count). The first-order valence-corrected chi connectivity index (χ1v) is 2.54. The molecule has 11 heavy (non-hydrogen) atoms. The van der Waals surface area contributed by atoms with Crippen molar-refractivity contribution >= 4 is 37.7 Å². The summed E-state index contributed by atoms with van der Waals surface area (Å²) in [5.41, 5.74) is 1.17. The maximum atomic E-state index is 8.76. The number of benzene rings is 1. The third-order valence-corrected chi connectivity index (χ3v) is 1.03. The smallest absolute Gasteiger partial charge is 1.00 e. The first kappa shape index (κ1) is 18.1. The number of phenols is 1. The molecule has 0 amide bonds. The van der Waals surface area contributed by atoms with Crippen LogP contribution in [0.15, 0.2) is 24.3 Å². The van der Waals surface area contributed by atoms with E-state index in [4.69, 9.17) is 5.11 Å². The minimum Gasteiger partial charge on any atom is -1.00 e. The standard InChI is InChI=1S/C7H8O.2BrH.Ca/c1-6-2-4-7(8)5-3-6;;;/h2-5,8H,1H3;2*1H;/q;;;+2/p-2. The van der Waals surface area contributed by atoms with Gasteiger partial charge in [0.1, 0.15) is 5.75 Å². The van der Waals surface area contributed by atoms with Crippen LogP contribution in [0.5, 0.6) is 5.75 Å². The Kier molecular flexibility index (Phi) is 15.4. The summed E-state index contributed by atoms with van der Waals surface area (Å²) in [6, 6.07) is 7.09. The molecule has 0 heterocycles. The molecule has 4 heteroatoms. The summed E-state index contributed by atoms with van der Waals surface area (Å²) in [5.74, 6) is 0.329. The summed E-state index contributed by atoms with van der Waals surface area (Å²) >= 11 is 0. The van der Waals surface area contributed by atoms with E-state index in [1.165, 1.54) is 5.56 Å². The van der Waals surface area contributed by atoms with E-state index in [1.807, 2.05) is 19.1 Å². The Balaban J connectivity index is -0.000000213. The maximum absolute atomic E-state index is 8.76. The Morgan fingerprint density at radius 2 is 1.36 bits per heavy atom. The van der Waals surface area contributed by atoms with Gasteiger partial charge in [-0.1, -0.05) is 17.7 Å². The van der Waals surface area contributed by atoms with Gasteiger partial charge in [-0.15, -0.1) is 0 Å². The van der Waals surface area contributed by atoms with Crippen LogP contribution in [0.1, 0.15) is 5.56 Å². The fraction of sp³-hybridized carbons (Fsp3) is 0.143. The third-order valence-electron chi connectivity index (χ3n) is 1.03. The summed E-state index contributed by atoms with van der Waals surface area (Å²) < 4.78 is 0. The summed E-state index contributed by atoms with van der Waals surface area (Å²) in [7, 11) is 0. The van der Waals surface area contributed by atoms with E-state index in [9.17, 15) is 0 Å². The van der Waals surface area contributed by atoms with Crippen molar-refractivity contribution in [3.05, 3.63) is 29.8 Å². The first-order valence-electron chi connectivity index (χ1n) is 2.54. The molecule has 0 atom stereocenters. The zero-order valence-electron chi connectivity index (χ0n) is 6.22. The zero-order chi connectivity index (χ0) is 5.98. The SMILES string of the molecule is Cc1ccc(O)cc1.[Br-].[Br-].[Ca+2]. The number of aromatic hydroxyl groups is 1. The van der Waals surface area contributed by atoms with E-state index < -0.39 is 0 Å². The van der Waals surface area contributed by atoms with Crippen LogP contribution in [0.25, 0.3) is 0 Å². The molecule has 0 unspecified atom stereocenters. The molecular formula is C7H8Br2CaO. The predicted octanol–water partition coefficient (Wildman–Crippen LogP) is -4.67. The van der Waals surface area contributed by atoms with Crippen molar-refractivity contribution in [2.24, 2.45) is 0 Å². The monoisotopic (exact) mass is 306 g/mol. The van der Waals surface area contributed by atoms with Crippen molar-refractivity contribution in [3.8, 4) is 5.75 Å². The molecule has 0 aliphatic rings. The summed E-state index contributed by atoms with van der Waals surface area (Å²) in [5, 5.41) is 8.76. The average Bonchev–Trinajstić information content (AvgIpc) is 1.77. The minimum absolute atomic E-state index is 0. The molecule has 58 valence electrons. The van der Waals surface area contributed by atoms with Crippen molar-refractivity contribution in [2.45, 2.75) is 6.92 Å². The van der Waals surface area contributed by atoms with Gasteiger partial charge in [0.05, 0.1) is 0 Å². The number of hydrogen-bond donors (Lipinski definition) is 1. The Morgan fingerprint density at radius 3 is 1.64 bits per heavy atom. The normalized spacial score (nSPS) is 6.64. The Morgan fingerprint density at radius 1 is 1.00 bits per heavy atom.